The third-order valence-electron chi connectivity index (χ3n) is 3.46. The third kappa shape index (κ3) is 3.20. The lowest BCUT2D eigenvalue weighted by molar-refractivity contribution is -0.139. The fourth-order valence-electron chi connectivity index (χ4n) is 2.38. The molecule has 1 aromatic heterocycles. The summed E-state index contributed by atoms with van der Waals surface area (Å²) in [4.78, 5) is 11.3. The van der Waals surface area contributed by atoms with Crippen LogP contribution in [0.1, 0.15) is 11.3 Å². The maximum atomic E-state index is 12.5. The van der Waals surface area contributed by atoms with E-state index in [9.17, 15) is 18.3 Å². The normalized spacial score (nSPS) is 15.0. The van der Waals surface area contributed by atoms with E-state index in [-0.39, 0.29) is 22.8 Å². The molecule has 0 saturated heterocycles. The minimum Gasteiger partial charge on any atom is -0.492 e. The van der Waals surface area contributed by atoms with Crippen LogP contribution in [0.4, 0.5) is 0 Å². The van der Waals surface area contributed by atoms with Crippen LogP contribution in [0.15, 0.2) is 39.9 Å². The van der Waals surface area contributed by atoms with Gasteiger partial charge in [0.15, 0.2) is 0 Å². The van der Waals surface area contributed by atoms with Gasteiger partial charge >= 0.3 is 5.97 Å². The molecule has 2 heterocycles. The van der Waals surface area contributed by atoms with Gasteiger partial charge in [-0.05, 0) is 11.6 Å². The fourth-order valence-corrected chi connectivity index (χ4v) is 3.75. The highest BCUT2D eigenvalue weighted by molar-refractivity contribution is 7.89. The predicted molar refractivity (Wildman–Crippen MR) is 77.6 cm³/mol. The quantitative estimate of drug-likeness (QED) is 0.791. The van der Waals surface area contributed by atoms with Crippen molar-refractivity contribution < 1.29 is 27.6 Å². The molecule has 9 heteroatoms. The molecule has 1 unspecified atom stereocenters. The number of sulfonamides is 1. The first-order valence-electron chi connectivity index (χ1n) is 6.87. The van der Waals surface area contributed by atoms with Crippen molar-refractivity contribution in [2.75, 3.05) is 6.61 Å². The number of benzene rings is 1. The van der Waals surface area contributed by atoms with Crippen LogP contribution in [0.25, 0.3) is 0 Å². The second-order valence-corrected chi connectivity index (χ2v) is 6.72. The molecule has 1 atom stereocenters. The largest absolute Gasteiger partial charge is 0.492 e. The number of carbonyl (C=O) groups is 1. The van der Waals surface area contributed by atoms with E-state index < -0.39 is 22.0 Å². The number of carboxylic acids is 1. The lowest BCUT2D eigenvalue weighted by atomic mass is 10.2. The molecule has 0 fully saturated rings. The average Bonchev–Trinajstić information content (AvgIpc) is 3.16. The molecule has 0 saturated carbocycles. The molecule has 0 bridgehead atoms. The molecule has 0 amide bonds. The van der Waals surface area contributed by atoms with Gasteiger partial charge in [-0.15, -0.1) is 0 Å². The van der Waals surface area contributed by atoms with Gasteiger partial charge < -0.3 is 14.4 Å². The van der Waals surface area contributed by atoms with Crippen LogP contribution < -0.4 is 9.46 Å². The van der Waals surface area contributed by atoms with Crippen LogP contribution in [0.5, 0.6) is 5.75 Å². The van der Waals surface area contributed by atoms with Gasteiger partial charge in [0.05, 0.1) is 12.8 Å². The van der Waals surface area contributed by atoms with Crippen molar-refractivity contribution in [3.8, 4) is 5.75 Å². The van der Waals surface area contributed by atoms with Crippen molar-refractivity contribution in [3.63, 3.8) is 0 Å². The lowest BCUT2D eigenvalue weighted by Crippen LogP contribution is -2.42. The Hall–Kier alpha value is -2.39. The van der Waals surface area contributed by atoms with Gasteiger partial charge in [-0.25, -0.2) is 8.42 Å². The number of nitrogens with one attached hydrogen (secondary N) is 1. The number of fused-ring (bicyclic) bond motifs is 1. The summed E-state index contributed by atoms with van der Waals surface area (Å²) in [6, 6.07) is 4.89. The second-order valence-electron chi connectivity index (χ2n) is 5.04. The highest BCUT2D eigenvalue weighted by Crippen LogP contribution is 2.32. The van der Waals surface area contributed by atoms with Crippen molar-refractivity contribution in [2.24, 2.45) is 0 Å². The van der Waals surface area contributed by atoms with E-state index in [1.54, 1.807) is 12.1 Å². The van der Waals surface area contributed by atoms with Crippen molar-refractivity contribution in [1.82, 2.24) is 9.88 Å². The standard InChI is InChI=1S/C14H14N2O6S/c17-14(18)11(8-10-4-6-15-22-10)16-23(19,20)12-3-1-2-9-5-7-21-13(9)12/h1-4,6,11,16H,5,7-8H2,(H,17,18). The summed E-state index contributed by atoms with van der Waals surface area (Å²) in [5, 5.41) is 12.7. The molecule has 122 valence electrons. The number of hydrogen-bond acceptors (Lipinski definition) is 6. The lowest BCUT2D eigenvalue weighted by Gasteiger charge is -2.15. The number of rotatable bonds is 6. The van der Waals surface area contributed by atoms with E-state index in [2.05, 4.69) is 9.88 Å². The zero-order valence-electron chi connectivity index (χ0n) is 11.9. The molecule has 8 nitrogen and oxygen atoms in total. The Balaban J connectivity index is 1.87. The predicted octanol–water partition coefficient (Wildman–Crippen LogP) is 0.584. The maximum Gasteiger partial charge on any atom is 0.322 e. The topological polar surface area (TPSA) is 119 Å². The second kappa shape index (κ2) is 6.01. The summed E-state index contributed by atoms with van der Waals surface area (Å²) in [5.74, 6) is -0.753. The van der Waals surface area contributed by atoms with Gasteiger partial charge in [0.2, 0.25) is 10.0 Å². The highest BCUT2D eigenvalue weighted by Gasteiger charge is 2.30. The minimum absolute atomic E-state index is 0.0590. The number of hydrogen-bond donors (Lipinski definition) is 2. The molecule has 0 radical (unpaired) electrons. The molecule has 1 aliphatic heterocycles. The van der Waals surface area contributed by atoms with Gasteiger partial charge in [-0.3, -0.25) is 4.79 Å². The van der Waals surface area contributed by atoms with E-state index in [0.29, 0.717) is 13.0 Å². The van der Waals surface area contributed by atoms with E-state index in [0.717, 1.165) is 5.56 Å². The first-order chi connectivity index (χ1) is 11.0. The SMILES string of the molecule is O=C(O)C(Cc1ccno1)NS(=O)(=O)c1cccc2c1OCC2. The van der Waals surface area contributed by atoms with Crippen LogP contribution in [0.3, 0.4) is 0 Å². The highest BCUT2D eigenvalue weighted by atomic mass is 32.2. The Kier molecular flexibility index (Phi) is 4.05. The fraction of sp³-hybridized carbons (Fsp3) is 0.286. The van der Waals surface area contributed by atoms with E-state index >= 15 is 0 Å². The summed E-state index contributed by atoms with van der Waals surface area (Å²) < 4.78 is 37.5. The van der Waals surface area contributed by atoms with Gasteiger partial charge in [0.25, 0.3) is 0 Å². The van der Waals surface area contributed by atoms with E-state index in [4.69, 9.17) is 9.26 Å². The molecule has 0 aliphatic carbocycles. The Morgan fingerprint density at radius 2 is 2.22 bits per heavy atom. The Labute approximate surface area is 132 Å². The van der Waals surface area contributed by atoms with E-state index in [1.807, 2.05) is 0 Å². The molecule has 23 heavy (non-hydrogen) atoms. The Bertz CT molecular complexity index is 816. The number of nitrogens with zero attached hydrogens (tertiary/aromatic N) is 1. The third-order valence-corrected chi connectivity index (χ3v) is 4.96. The number of para-hydroxylation sites is 1. The Morgan fingerprint density at radius 3 is 2.91 bits per heavy atom. The number of ether oxygens (including phenoxy) is 1. The molecule has 1 aromatic carbocycles. The van der Waals surface area contributed by atoms with Crippen molar-refractivity contribution in [2.45, 2.75) is 23.8 Å². The van der Waals surface area contributed by atoms with Crippen LogP contribution in [-0.4, -0.2) is 37.3 Å². The first-order valence-corrected chi connectivity index (χ1v) is 8.35. The monoisotopic (exact) mass is 338 g/mol. The average molecular weight is 338 g/mol. The summed E-state index contributed by atoms with van der Waals surface area (Å²) in [7, 11) is -4.05. The molecule has 2 N–H and O–H groups in total. The zero-order chi connectivity index (χ0) is 16.4. The smallest absolute Gasteiger partial charge is 0.322 e. The first kappa shape index (κ1) is 15.5. The molecule has 0 spiro atoms. The van der Waals surface area contributed by atoms with Crippen LogP contribution in [-0.2, 0) is 27.7 Å². The number of aliphatic carboxylic acids is 1. The van der Waals surface area contributed by atoms with Gasteiger partial charge in [0.1, 0.15) is 22.4 Å². The summed E-state index contributed by atoms with van der Waals surface area (Å²) in [5.41, 5.74) is 0.787. The molecule has 2 aromatic rings. The summed E-state index contributed by atoms with van der Waals surface area (Å²) >= 11 is 0. The van der Waals surface area contributed by atoms with Crippen LogP contribution in [0, 0.1) is 0 Å². The molecule has 1 aliphatic rings. The van der Waals surface area contributed by atoms with Crippen LogP contribution in [0.2, 0.25) is 0 Å². The number of aromatic nitrogens is 1. The van der Waals surface area contributed by atoms with Crippen molar-refractivity contribution >= 4 is 16.0 Å². The van der Waals surface area contributed by atoms with Gasteiger partial charge in [-0.2, -0.15) is 4.72 Å². The molecule has 3 rings (SSSR count). The van der Waals surface area contributed by atoms with Gasteiger partial charge in [0, 0.05) is 18.9 Å². The summed E-state index contributed by atoms with van der Waals surface area (Å²) in [6.07, 6.45) is 1.84. The zero-order valence-corrected chi connectivity index (χ0v) is 12.7. The van der Waals surface area contributed by atoms with Gasteiger partial charge in [-0.1, -0.05) is 17.3 Å². The van der Waals surface area contributed by atoms with Crippen molar-refractivity contribution in [3.05, 3.63) is 41.8 Å². The maximum absolute atomic E-state index is 12.5. The molecular formula is C14H14N2O6S. The minimum atomic E-state index is -4.05. The number of carboxylic acid groups (broad SMARTS) is 1. The molecular weight excluding hydrogens is 324 g/mol. The van der Waals surface area contributed by atoms with Crippen molar-refractivity contribution in [1.29, 1.82) is 0 Å². The Morgan fingerprint density at radius 1 is 1.39 bits per heavy atom. The summed E-state index contributed by atoms with van der Waals surface area (Å²) in [6.45, 7) is 0.405. The van der Waals surface area contributed by atoms with E-state index in [1.165, 1.54) is 18.3 Å². The van der Waals surface area contributed by atoms with Crippen LogP contribution >= 0.6 is 0 Å².